The third kappa shape index (κ3) is 5.60. The van der Waals surface area contributed by atoms with E-state index in [0.29, 0.717) is 0 Å². The summed E-state index contributed by atoms with van der Waals surface area (Å²) >= 11 is 0. The van der Waals surface area contributed by atoms with Gasteiger partial charge in [-0.2, -0.15) is 0 Å². The number of carbonyl (C=O) groups excluding carboxylic acids is 1. The van der Waals surface area contributed by atoms with Gasteiger partial charge in [0.25, 0.3) is 0 Å². The molecule has 0 radical (unpaired) electrons. The molecule has 2 nitrogen and oxygen atoms in total. The Hall–Kier alpha value is -2.87. The van der Waals surface area contributed by atoms with E-state index in [1.807, 2.05) is 69.3 Å². The molecule has 0 N–H and O–H groups in total. The lowest BCUT2D eigenvalue weighted by atomic mass is 9.86. The van der Waals surface area contributed by atoms with Crippen LogP contribution in [0.2, 0.25) is 0 Å². The Balaban J connectivity index is 1.63. The highest BCUT2D eigenvalue weighted by atomic mass is 16.5. The molecule has 3 aromatic rings. The highest BCUT2D eigenvalue weighted by Crippen LogP contribution is 2.27. The van der Waals surface area contributed by atoms with Crippen LogP contribution in [0.15, 0.2) is 72.8 Å². The summed E-state index contributed by atoms with van der Waals surface area (Å²) in [6.07, 6.45) is 0.824. The molecule has 0 aliphatic heterocycles. The maximum absolute atomic E-state index is 12.4. The van der Waals surface area contributed by atoms with Crippen molar-refractivity contribution in [2.45, 2.75) is 53.4 Å². The van der Waals surface area contributed by atoms with Gasteiger partial charge in [0.1, 0.15) is 11.5 Å². The molecule has 0 amide bonds. The summed E-state index contributed by atoms with van der Waals surface area (Å²) < 4.78 is 5.99. The highest BCUT2D eigenvalue weighted by molar-refractivity contribution is 5.99. The second-order valence-corrected chi connectivity index (χ2v) is 9.97. The third-order valence-corrected chi connectivity index (χ3v) is 5.18. The molecule has 3 aromatic carbocycles. The number of carbonyl (C=O) groups is 1. The predicted molar refractivity (Wildman–Crippen MR) is 125 cm³/mol. The molecule has 0 spiro atoms. The number of hydrogen-bond acceptors (Lipinski definition) is 2. The maximum atomic E-state index is 12.4. The van der Waals surface area contributed by atoms with Crippen molar-refractivity contribution in [3.63, 3.8) is 0 Å². The van der Waals surface area contributed by atoms with Crippen LogP contribution in [-0.2, 0) is 11.8 Å². The van der Waals surface area contributed by atoms with Gasteiger partial charge in [0, 0.05) is 11.0 Å². The van der Waals surface area contributed by atoms with Crippen LogP contribution in [0.1, 0.15) is 68.6 Å². The number of ketones is 1. The fourth-order valence-corrected chi connectivity index (χ4v) is 3.28. The van der Waals surface area contributed by atoms with Gasteiger partial charge in [-0.25, -0.2) is 0 Å². The summed E-state index contributed by atoms with van der Waals surface area (Å²) in [6, 6.07) is 24.4. The van der Waals surface area contributed by atoms with E-state index in [4.69, 9.17) is 4.74 Å². The highest BCUT2D eigenvalue weighted by Gasteiger charge is 2.22. The Labute approximate surface area is 180 Å². The topological polar surface area (TPSA) is 26.3 Å². The molecule has 0 aliphatic rings. The van der Waals surface area contributed by atoms with Crippen molar-refractivity contribution in [3.8, 4) is 11.5 Å². The summed E-state index contributed by atoms with van der Waals surface area (Å²) in [5.74, 6) is 1.84. The molecule has 0 saturated carbocycles. The van der Waals surface area contributed by atoms with Gasteiger partial charge in [-0.1, -0.05) is 90.1 Å². The van der Waals surface area contributed by atoms with Crippen molar-refractivity contribution in [1.82, 2.24) is 0 Å². The van der Waals surface area contributed by atoms with Crippen LogP contribution >= 0.6 is 0 Å². The summed E-state index contributed by atoms with van der Waals surface area (Å²) in [6.45, 7) is 12.5. The van der Waals surface area contributed by atoms with Crippen LogP contribution < -0.4 is 4.74 Å². The quantitative estimate of drug-likeness (QED) is 0.412. The SMILES string of the molecule is CC(C)(C)C(=O)c1ccc(Cc2ccc(Oc3ccc(C(C)(C)C)cc3)cc2)cc1. The lowest BCUT2D eigenvalue weighted by molar-refractivity contribution is 0.0858. The van der Waals surface area contributed by atoms with Gasteiger partial charge in [-0.3, -0.25) is 4.79 Å². The molecule has 156 valence electrons. The fourth-order valence-electron chi connectivity index (χ4n) is 3.28. The maximum Gasteiger partial charge on any atom is 0.168 e. The van der Waals surface area contributed by atoms with Crippen molar-refractivity contribution in [2.24, 2.45) is 5.41 Å². The molecule has 3 rings (SSSR count). The summed E-state index contributed by atoms with van der Waals surface area (Å²) in [5, 5.41) is 0. The van der Waals surface area contributed by atoms with E-state index in [2.05, 4.69) is 45.0 Å². The third-order valence-electron chi connectivity index (χ3n) is 5.18. The van der Waals surface area contributed by atoms with Crippen molar-refractivity contribution >= 4 is 5.78 Å². The molecule has 0 unspecified atom stereocenters. The lowest BCUT2D eigenvalue weighted by Gasteiger charge is -2.19. The van der Waals surface area contributed by atoms with Gasteiger partial charge in [0.15, 0.2) is 5.78 Å². The van der Waals surface area contributed by atoms with Crippen LogP contribution in [0.4, 0.5) is 0 Å². The average Bonchev–Trinajstić information content (AvgIpc) is 2.68. The zero-order chi connectivity index (χ0) is 21.9. The fraction of sp³-hybridized carbons (Fsp3) is 0.321. The van der Waals surface area contributed by atoms with Crippen molar-refractivity contribution in [1.29, 1.82) is 0 Å². The second-order valence-electron chi connectivity index (χ2n) is 9.97. The van der Waals surface area contributed by atoms with Gasteiger partial charge < -0.3 is 4.74 Å². The van der Waals surface area contributed by atoms with E-state index >= 15 is 0 Å². The minimum atomic E-state index is -0.357. The molecule has 0 atom stereocenters. The molecule has 30 heavy (non-hydrogen) atoms. The van der Waals surface area contributed by atoms with E-state index < -0.39 is 0 Å². The van der Waals surface area contributed by atoms with Crippen molar-refractivity contribution in [3.05, 3.63) is 95.1 Å². The molecule has 0 aliphatic carbocycles. The zero-order valence-electron chi connectivity index (χ0n) is 19.0. The van der Waals surface area contributed by atoms with E-state index in [0.717, 1.165) is 23.5 Å². The largest absolute Gasteiger partial charge is 0.457 e. The van der Waals surface area contributed by atoms with Gasteiger partial charge in [0.05, 0.1) is 0 Å². The Morgan fingerprint density at radius 2 is 1.10 bits per heavy atom. The van der Waals surface area contributed by atoms with Crippen LogP contribution in [0.3, 0.4) is 0 Å². The van der Waals surface area contributed by atoms with Crippen LogP contribution in [0, 0.1) is 5.41 Å². The number of hydrogen-bond donors (Lipinski definition) is 0. The molecule has 0 saturated heterocycles. The van der Waals surface area contributed by atoms with E-state index in [-0.39, 0.29) is 16.6 Å². The average molecular weight is 401 g/mol. The molecule has 0 aromatic heterocycles. The first-order valence-corrected chi connectivity index (χ1v) is 10.5. The number of rotatable bonds is 5. The van der Waals surface area contributed by atoms with E-state index in [1.54, 1.807) is 0 Å². The van der Waals surface area contributed by atoms with Crippen molar-refractivity contribution in [2.75, 3.05) is 0 Å². The minimum absolute atomic E-state index is 0.137. The monoisotopic (exact) mass is 400 g/mol. The smallest absolute Gasteiger partial charge is 0.168 e. The normalized spacial score (nSPS) is 11.9. The first-order chi connectivity index (χ1) is 14.0. The number of ether oxygens (including phenoxy) is 1. The van der Waals surface area contributed by atoms with Gasteiger partial charge in [0.2, 0.25) is 0 Å². The zero-order valence-corrected chi connectivity index (χ0v) is 19.0. The molecule has 0 fully saturated rings. The lowest BCUT2D eigenvalue weighted by Crippen LogP contribution is -2.20. The first-order valence-electron chi connectivity index (χ1n) is 10.5. The van der Waals surface area contributed by atoms with Gasteiger partial charge in [-0.15, -0.1) is 0 Å². The Kier molecular flexibility index (Phi) is 6.17. The van der Waals surface area contributed by atoms with Gasteiger partial charge >= 0.3 is 0 Å². The standard InChI is InChI=1S/C28H32O2/c1-27(2,3)23-13-17-25(18-14-23)30-24-15-9-21(10-16-24)19-20-7-11-22(12-8-20)26(29)28(4,5)6/h7-18H,19H2,1-6H3. The molecule has 0 heterocycles. The van der Waals surface area contributed by atoms with E-state index in [9.17, 15) is 4.79 Å². The Morgan fingerprint density at radius 3 is 1.53 bits per heavy atom. The minimum Gasteiger partial charge on any atom is -0.457 e. The summed E-state index contributed by atoms with van der Waals surface area (Å²) in [7, 11) is 0. The summed E-state index contributed by atoms with van der Waals surface area (Å²) in [4.78, 5) is 12.4. The number of benzene rings is 3. The van der Waals surface area contributed by atoms with E-state index in [1.165, 1.54) is 16.7 Å². The number of Topliss-reactive ketones (excluding diaryl/α,β-unsaturated/α-hetero) is 1. The van der Waals surface area contributed by atoms with Crippen LogP contribution in [-0.4, -0.2) is 5.78 Å². The Bertz CT molecular complexity index is 981. The summed E-state index contributed by atoms with van der Waals surface area (Å²) in [5.41, 5.74) is 4.24. The molecular weight excluding hydrogens is 368 g/mol. The molecular formula is C28H32O2. The predicted octanol–water partition coefficient (Wildman–Crippen LogP) is 7.60. The second kappa shape index (κ2) is 8.47. The Morgan fingerprint density at radius 1 is 0.667 bits per heavy atom. The first kappa shape index (κ1) is 21.8. The molecule has 2 heteroatoms. The molecule has 0 bridgehead atoms. The van der Waals surface area contributed by atoms with Crippen LogP contribution in [0.25, 0.3) is 0 Å². The van der Waals surface area contributed by atoms with Crippen molar-refractivity contribution < 1.29 is 9.53 Å². The van der Waals surface area contributed by atoms with Crippen LogP contribution in [0.5, 0.6) is 11.5 Å². The van der Waals surface area contributed by atoms with Gasteiger partial charge in [-0.05, 0) is 52.8 Å².